The highest BCUT2D eigenvalue weighted by Gasteiger charge is 2.27. The van der Waals surface area contributed by atoms with Gasteiger partial charge in [-0.3, -0.25) is 9.78 Å². The van der Waals surface area contributed by atoms with Gasteiger partial charge in [0.25, 0.3) is 5.91 Å². The molecule has 20 heavy (non-hydrogen) atoms. The van der Waals surface area contributed by atoms with Crippen LogP contribution in [0.2, 0.25) is 0 Å². The summed E-state index contributed by atoms with van der Waals surface area (Å²) in [6.07, 6.45) is 3.93. The highest BCUT2D eigenvalue weighted by Crippen LogP contribution is 2.26. The minimum absolute atomic E-state index is 0. The molecule has 114 valence electrons. The standard InChI is InChI=1S/C14H21N3O.2ClH/c1-11-12(4-3-7-16-11)13(18)17-10-14(2)5-8-15-9-6-14;;/h3-4,7,15H,5-6,8-10H2,1-2H3,(H,17,18);2*1H. The monoisotopic (exact) mass is 319 g/mol. The Morgan fingerprint density at radius 1 is 1.40 bits per heavy atom. The van der Waals surface area contributed by atoms with Crippen LogP contribution in [0, 0.1) is 12.3 Å². The van der Waals surface area contributed by atoms with E-state index in [4.69, 9.17) is 0 Å². The molecule has 0 bridgehead atoms. The lowest BCUT2D eigenvalue weighted by Crippen LogP contribution is -2.43. The van der Waals surface area contributed by atoms with Gasteiger partial charge in [-0.15, -0.1) is 24.8 Å². The maximum atomic E-state index is 12.1. The van der Waals surface area contributed by atoms with Crippen LogP contribution in [-0.4, -0.2) is 30.5 Å². The third-order valence-corrected chi connectivity index (χ3v) is 3.74. The summed E-state index contributed by atoms with van der Waals surface area (Å²) in [4.78, 5) is 16.2. The first-order chi connectivity index (χ1) is 8.61. The third-order valence-electron chi connectivity index (χ3n) is 3.74. The Bertz CT molecular complexity index is 434. The molecule has 1 fully saturated rings. The number of halogens is 2. The maximum Gasteiger partial charge on any atom is 0.253 e. The number of piperidine rings is 1. The molecule has 0 unspecified atom stereocenters. The van der Waals surface area contributed by atoms with Gasteiger partial charge in [0, 0.05) is 18.4 Å². The van der Waals surface area contributed by atoms with E-state index in [9.17, 15) is 4.79 Å². The number of carbonyl (C=O) groups excluding carboxylic acids is 1. The zero-order valence-corrected chi connectivity index (χ0v) is 13.6. The van der Waals surface area contributed by atoms with Gasteiger partial charge in [-0.1, -0.05) is 6.92 Å². The van der Waals surface area contributed by atoms with Crippen molar-refractivity contribution >= 4 is 30.7 Å². The Hall–Kier alpha value is -0.840. The van der Waals surface area contributed by atoms with Crippen LogP contribution in [0.3, 0.4) is 0 Å². The summed E-state index contributed by atoms with van der Waals surface area (Å²) < 4.78 is 0. The second-order valence-electron chi connectivity index (χ2n) is 5.38. The van der Waals surface area contributed by atoms with Crippen LogP contribution in [-0.2, 0) is 0 Å². The average molecular weight is 320 g/mol. The van der Waals surface area contributed by atoms with E-state index in [-0.39, 0.29) is 36.1 Å². The highest BCUT2D eigenvalue weighted by atomic mass is 35.5. The molecule has 0 spiro atoms. The second kappa shape index (κ2) is 8.45. The Labute approximate surface area is 132 Å². The lowest BCUT2D eigenvalue weighted by molar-refractivity contribution is 0.0921. The molecule has 0 atom stereocenters. The zero-order valence-electron chi connectivity index (χ0n) is 11.9. The Kier molecular flexibility index (Phi) is 8.09. The third kappa shape index (κ3) is 4.93. The number of nitrogens with zero attached hydrogens (tertiary/aromatic N) is 1. The van der Waals surface area contributed by atoms with Crippen LogP contribution in [0.5, 0.6) is 0 Å². The van der Waals surface area contributed by atoms with Crippen molar-refractivity contribution in [2.45, 2.75) is 26.7 Å². The fraction of sp³-hybridized carbons (Fsp3) is 0.571. The van der Waals surface area contributed by atoms with Crippen LogP contribution < -0.4 is 10.6 Å². The number of carbonyl (C=O) groups is 1. The predicted molar refractivity (Wildman–Crippen MR) is 86.0 cm³/mol. The molecule has 4 nitrogen and oxygen atoms in total. The molecule has 0 saturated carbocycles. The molecule has 0 aromatic carbocycles. The van der Waals surface area contributed by atoms with E-state index >= 15 is 0 Å². The average Bonchev–Trinajstić information content (AvgIpc) is 2.38. The van der Waals surface area contributed by atoms with Gasteiger partial charge in [-0.05, 0) is 50.4 Å². The molecule has 1 aromatic heterocycles. The molecule has 1 aliphatic rings. The first-order valence-corrected chi connectivity index (χ1v) is 6.51. The summed E-state index contributed by atoms with van der Waals surface area (Å²) in [5, 5.41) is 6.39. The van der Waals surface area contributed by atoms with Gasteiger partial charge in [0.2, 0.25) is 0 Å². The van der Waals surface area contributed by atoms with Crippen LogP contribution in [0.1, 0.15) is 35.8 Å². The maximum absolute atomic E-state index is 12.1. The smallest absolute Gasteiger partial charge is 0.253 e. The lowest BCUT2D eigenvalue weighted by atomic mass is 9.81. The number of hydrogen-bond acceptors (Lipinski definition) is 3. The van der Waals surface area contributed by atoms with Crippen LogP contribution >= 0.6 is 24.8 Å². The Balaban J connectivity index is 0.00000180. The first-order valence-electron chi connectivity index (χ1n) is 6.51. The van der Waals surface area contributed by atoms with Crippen LogP contribution in [0.4, 0.5) is 0 Å². The van der Waals surface area contributed by atoms with Crippen molar-refractivity contribution in [2.24, 2.45) is 5.41 Å². The van der Waals surface area contributed by atoms with Gasteiger partial charge in [0.15, 0.2) is 0 Å². The van der Waals surface area contributed by atoms with Crippen molar-refractivity contribution in [1.29, 1.82) is 0 Å². The van der Waals surface area contributed by atoms with E-state index in [0.29, 0.717) is 5.56 Å². The van der Waals surface area contributed by atoms with Gasteiger partial charge in [0.05, 0.1) is 5.56 Å². The predicted octanol–water partition coefficient (Wildman–Crippen LogP) is 2.35. The summed E-state index contributed by atoms with van der Waals surface area (Å²) in [6, 6.07) is 3.62. The van der Waals surface area contributed by atoms with E-state index in [1.165, 1.54) is 0 Å². The molecular formula is C14H23Cl2N3O. The minimum atomic E-state index is -0.0136. The summed E-state index contributed by atoms with van der Waals surface area (Å²) >= 11 is 0. The number of rotatable bonds is 3. The quantitative estimate of drug-likeness (QED) is 0.899. The van der Waals surface area contributed by atoms with Crippen molar-refractivity contribution in [3.63, 3.8) is 0 Å². The van der Waals surface area contributed by atoms with Crippen molar-refractivity contribution in [3.8, 4) is 0 Å². The number of aryl methyl sites for hydroxylation is 1. The van der Waals surface area contributed by atoms with Crippen LogP contribution in [0.25, 0.3) is 0 Å². The molecule has 6 heteroatoms. The summed E-state index contributed by atoms with van der Waals surface area (Å²) in [6.45, 7) is 6.92. The molecule has 1 aromatic rings. The number of aromatic nitrogens is 1. The fourth-order valence-electron chi connectivity index (χ4n) is 2.32. The highest BCUT2D eigenvalue weighted by molar-refractivity contribution is 5.95. The fourth-order valence-corrected chi connectivity index (χ4v) is 2.32. The van der Waals surface area contributed by atoms with Gasteiger partial charge in [0.1, 0.15) is 0 Å². The number of amides is 1. The second-order valence-corrected chi connectivity index (χ2v) is 5.38. The first kappa shape index (κ1) is 19.2. The Morgan fingerprint density at radius 3 is 2.65 bits per heavy atom. The van der Waals surface area contributed by atoms with E-state index in [1.54, 1.807) is 12.3 Å². The number of nitrogens with one attached hydrogen (secondary N) is 2. The normalized spacial score (nSPS) is 16.5. The van der Waals surface area contributed by atoms with E-state index in [0.717, 1.165) is 38.2 Å². The molecule has 2 heterocycles. The summed E-state index contributed by atoms with van der Waals surface area (Å²) in [7, 11) is 0. The summed E-state index contributed by atoms with van der Waals surface area (Å²) in [5.41, 5.74) is 1.68. The molecule has 1 saturated heterocycles. The van der Waals surface area contributed by atoms with E-state index < -0.39 is 0 Å². The molecular weight excluding hydrogens is 297 g/mol. The molecule has 1 amide bonds. The SMILES string of the molecule is Cc1ncccc1C(=O)NCC1(C)CCNCC1.Cl.Cl. The van der Waals surface area contributed by atoms with Gasteiger partial charge in [-0.2, -0.15) is 0 Å². The van der Waals surface area contributed by atoms with E-state index in [2.05, 4.69) is 22.5 Å². The molecule has 0 aliphatic carbocycles. The van der Waals surface area contributed by atoms with Gasteiger partial charge < -0.3 is 10.6 Å². The van der Waals surface area contributed by atoms with Crippen LogP contribution in [0.15, 0.2) is 18.3 Å². The molecule has 2 rings (SSSR count). The Morgan fingerprint density at radius 2 is 2.05 bits per heavy atom. The number of hydrogen-bond donors (Lipinski definition) is 2. The van der Waals surface area contributed by atoms with Crippen molar-refractivity contribution in [3.05, 3.63) is 29.6 Å². The minimum Gasteiger partial charge on any atom is -0.351 e. The van der Waals surface area contributed by atoms with Crippen molar-refractivity contribution in [2.75, 3.05) is 19.6 Å². The summed E-state index contributed by atoms with van der Waals surface area (Å²) in [5.74, 6) is -0.0136. The lowest BCUT2D eigenvalue weighted by Gasteiger charge is -2.34. The molecule has 1 aliphatic heterocycles. The van der Waals surface area contributed by atoms with Crippen molar-refractivity contribution < 1.29 is 4.79 Å². The zero-order chi connectivity index (χ0) is 13.0. The van der Waals surface area contributed by atoms with Gasteiger partial charge >= 0.3 is 0 Å². The van der Waals surface area contributed by atoms with Gasteiger partial charge in [-0.25, -0.2) is 0 Å². The molecule has 0 radical (unpaired) electrons. The largest absolute Gasteiger partial charge is 0.351 e. The molecule has 2 N–H and O–H groups in total. The topological polar surface area (TPSA) is 54.0 Å². The van der Waals surface area contributed by atoms with E-state index in [1.807, 2.05) is 13.0 Å². The van der Waals surface area contributed by atoms with Crippen molar-refractivity contribution in [1.82, 2.24) is 15.6 Å². The number of pyridine rings is 1.